The zero-order valence-electron chi connectivity index (χ0n) is 5.18. The molecule has 4 heteroatoms. The van der Waals surface area contributed by atoms with Crippen molar-refractivity contribution in [2.75, 3.05) is 0 Å². The molecule has 0 aromatic heterocycles. The van der Waals surface area contributed by atoms with Gasteiger partial charge in [-0.15, -0.1) is 24.8 Å². The van der Waals surface area contributed by atoms with Gasteiger partial charge in [-0.05, 0) is 0 Å². The average Bonchev–Trinajstić information content (AvgIpc) is 1.96. The number of hydrogen-bond donors (Lipinski definition) is 0. The predicted octanol–water partition coefficient (Wildman–Crippen LogP) is 2.56. The molecule has 0 saturated carbocycles. The lowest BCUT2D eigenvalue weighted by molar-refractivity contribution is 1.15. The van der Waals surface area contributed by atoms with Crippen molar-refractivity contribution in [2.45, 2.75) is 0 Å². The fraction of sp³-hybridized carbons (Fsp3) is 0. The lowest BCUT2D eigenvalue weighted by Gasteiger charge is -1.69. The van der Waals surface area contributed by atoms with Crippen molar-refractivity contribution in [1.82, 2.24) is 0 Å². The lowest BCUT2D eigenvalue weighted by atomic mass is 10.4. The van der Waals surface area contributed by atoms with Crippen LogP contribution in [0.4, 0.5) is 0 Å². The zero-order valence-corrected chi connectivity index (χ0v) is 6.81. The van der Waals surface area contributed by atoms with Crippen LogP contribution >= 0.6 is 24.8 Å². The van der Waals surface area contributed by atoms with Crippen molar-refractivity contribution in [2.24, 2.45) is 0 Å². The Labute approximate surface area is 72.5 Å². The van der Waals surface area contributed by atoms with Crippen molar-refractivity contribution in [3.05, 3.63) is 36.4 Å². The van der Waals surface area contributed by atoms with E-state index in [-0.39, 0.29) is 24.8 Å². The molecule has 1 aromatic rings. The quantitative estimate of drug-likeness (QED) is 0.574. The van der Waals surface area contributed by atoms with Gasteiger partial charge in [0.05, 0.1) is 0 Å². The molecular weight excluding hydrogens is 171 g/mol. The standard InChI is InChI=1S/C6H6.2ClH.N2/c1-2-4-6-5-3-1;;;1-2/h1-6H;2*1H;. The van der Waals surface area contributed by atoms with Gasteiger partial charge in [0.2, 0.25) is 0 Å². The van der Waals surface area contributed by atoms with Crippen LogP contribution in [0.1, 0.15) is 0 Å². The molecule has 1 rings (SSSR count). The van der Waals surface area contributed by atoms with Gasteiger partial charge >= 0.3 is 0 Å². The molecule has 0 spiro atoms. The minimum atomic E-state index is 0. The minimum Gasteiger partial charge on any atom is -0.147 e. The van der Waals surface area contributed by atoms with Crippen LogP contribution in [0.15, 0.2) is 36.4 Å². The van der Waals surface area contributed by atoms with E-state index in [1.54, 1.807) is 0 Å². The van der Waals surface area contributed by atoms with Crippen LogP contribution in [0.2, 0.25) is 0 Å². The molecule has 0 aliphatic heterocycles. The molecule has 56 valence electrons. The number of halogens is 2. The Balaban J connectivity index is -0.000000114. The first kappa shape index (κ1) is 16.1. The minimum absolute atomic E-state index is 0. The van der Waals surface area contributed by atoms with Crippen LogP contribution in [-0.2, 0) is 0 Å². The molecule has 0 radical (unpaired) electrons. The van der Waals surface area contributed by atoms with E-state index in [1.807, 2.05) is 36.4 Å². The molecule has 1 aromatic carbocycles. The highest BCUT2D eigenvalue weighted by Crippen LogP contribution is 1.79. The van der Waals surface area contributed by atoms with Gasteiger partial charge < -0.3 is 0 Å². The van der Waals surface area contributed by atoms with E-state index in [2.05, 4.69) is 0 Å². The van der Waals surface area contributed by atoms with Crippen LogP contribution < -0.4 is 0 Å². The predicted molar refractivity (Wildman–Crippen MR) is 44.4 cm³/mol. The fourth-order valence-corrected chi connectivity index (χ4v) is 0.385. The molecule has 0 aliphatic rings. The summed E-state index contributed by atoms with van der Waals surface area (Å²) in [6.07, 6.45) is 0. The largest absolute Gasteiger partial charge is 0.147 e. The van der Waals surface area contributed by atoms with Crippen LogP contribution in [0.25, 0.3) is 0 Å². The van der Waals surface area contributed by atoms with E-state index < -0.39 is 0 Å². The van der Waals surface area contributed by atoms with Crippen molar-refractivity contribution < 1.29 is 0 Å². The molecule has 0 heterocycles. The van der Waals surface area contributed by atoms with Gasteiger partial charge in [-0.25, -0.2) is 0 Å². The monoisotopic (exact) mass is 178 g/mol. The van der Waals surface area contributed by atoms with Gasteiger partial charge in [0.15, 0.2) is 0 Å². The second-order valence-corrected chi connectivity index (χ2v) is 1.15. The summed E-state index contributed by atoms with van der Waals surface area (Å²) in [4.78, 5) is 0. The summed E-state index contributed by atoms with van der Waals surface area (Å²) in [5.41, 5.74) is 0. The van der Waals surface area contributed by atoms with Crippen LogP contribution in [0, 0.1) is 10.8 Å². The van der Waals surface area contributed by atoms with Gasteiger partial charge in [0.1, 0.15) is 0 Å². The van der Waals surface area contributed by atoms with E-state index in [4.69, 9.17) is 10.8 Å². The number of nitrogens with zero attached hydrogens (tertiary/aromatic N) is 2. The third-order valence-corrected chi connectivity index (χ3v) is 0.667. The molecule has 2 nitrogen and oxygen atoms in total. The summed E-state index contributed by atoms with van der Waals surface area (Å²) in [7, 11) is 0. The van der Waals surface area contributed by atoms with E-state index in [0.717, 1.165) is 0 Å². The molecule has 0 fully saturated rings. The zero-order chi connectivity index (χ0) is 6.24. The smallest absolute Gasteiger partial charge is 0 e. The number of benzene rings is 1. The third-order valence-electron chi connectivity index (χ3n) is 0.667. The molecule has 0 bridgehead atoms. The van der Waals surface area contributed by atoms with Gasteiger partial charge in [0, 0.05) is 10.8 Å². The molecule has 0 unspecified atom stereocenters. The van der Waals surface area contributed by atoms with E-state index in [9.17, 15) is 0 Å². The maximum absolute atomic E-state index is 6.00. The Morgan fingerprint density at radius 2 is 0.600 bits per heavy atom. The van der Waals surface area contributed by atoms with Gasteiger partial charge in [-0.3, -0.25) is 0 Å². The molecule has 0 N–H and O–H groups in total. The summed E-state index contributed by atoms with van der Waals surface area (Å²) in [5.74, 6) is 0. The van der Waals surface area contributed by atoms with E-state index in [0.29, 0.717) is 0 Å². The fourth-order valence-electron chi connectivity index (χ4n) is 0.385. The summed E-state index contributed by atoms with van der Waals surface area (Å²) in [5, 5.41) is 12.0. The Hall–Kier alpha value is -0.780. The summed E-state index contributed by atoms with van der Waals surface area (Å²) >= 11 is 0. The summed E-state index contributed by atoms with van der Waals surface area (Å²) < 4.78 is 0. The summed E-state index contributed by atoms with van der Waals surface area (Å²) in [6, 6.07) is 12.0. The molecule has 0 aliphatic carbocycles. The second-order valence-electron chi connectivity index (χ2n) is 1.15. The number of rotatable bonds is 0. The molecule has 0 saturated heterocycles. The molecule has 0 amide bonds. The average molecular weight is 179 g/mol. The van der Waals surface area contributed by atoms with E-state index >= 15 is 0 Å². The van der Waals surface area contributed by atoms with Crippen molar-refractivity contribution in [3.63, 3.8) is 0 Å². The highest BCUT2D eigenvalue weighted by Gasteiger charge is 1.57. The summed E-state index contributed by atoms with van der Waals surface area (Å²) in [6.45, 7) is 0. The van der Waals surface area contributed by atoms with Crippen molar-refractivity contribution >= 4 is 24.8 Å². The first-order valence-electron chi connectivity index (χ1n) is 2.20. The molecule has 0 atom stereocenters. The Bertz CT molecular complexity index is 114. The van der Waals surface area contributed by atoms with Crippen LogP contribution in [0.5, 0.6) is 0 Å². The van der Waals surface area contributed by atoms with Gasteiger partial charge in [0.25, 0.3) is 0 Å². The topological polar surface area (TPSA) is 47.6 Å². The molecular formula is C6H8Cl2N2. The van der Waals surface area contributed by atoms with Crippen LogP contribution in [-0.4, -0.2) is 0 Å². The lowest BCUT2D eigenvalue weighted by Crippen LogP contribution is -1.47. The third kappa shape index (κ3) is 10.3. The maximum Gasteiger partial charge on any atom is 0 e. The SMILES string of the molecule is Cl.Cl.N#N.c1ccccc1. The van der Waals surface area contributed by atoms with Gasteiger partial charge in [-0.1, -0.05) is 36.4 Å². The highest BCUT2D eigenvalue weighted by molar-refractivity contribution is 5.85. The first-order chi connectivity index (χ1) is 4.00. The van der Waals surface area contributed by atoms with Gasteiger partial charge in [-0.2, -0.15) is 0 Å². The normalized spacial score (nSPS) is 5.00. The molecule has 10 heavy (non-hydrogen) atoms. The second kappa shape index (κ2) is 15.7. The van der Waals surface area contributed by atoms with Crippen LogP contribution in [0.3, 0.4) is 0 Å². The van der Waals surface area contributed by atoms with E-state index in [1.165, 1.54) is 0 Å². The van der Waals surface area contributed by atoms with Crippen molar-refractivity contribution in [1.29, 1.82) is 10.8 Å². The van der Waals surface area contributed by atoms with Crippen molar-refractivity contribution in [3.8, 4) is 0 Å². The highest BCUT2D eigenvalue weighted by atomic mass is 35.5. The first-order valence-corrected chi connectivity index (χ1v) is 2.20. The Morgan fingerprint density at radius 1 is 0.500 bits per heavy atom. The Morgan fingerprint density at radius 3 is 0.700 bits per heavy atom. The number of hydrogen-bond acceptors (Lipinski definition) is 2. The maximum atomic E-state index is 6.00. The Kier molecular flexibility index (Phi) is 25.3.